The molecule has 0 saturated heterocycles. The number of hydrogen-bond acceptors (Lipinski definition) is 3. The number of para-hydroxylation sites is 3. The molecule has 1 aliphatic carbocycles. The molecule has 4 nitrogen and oxygen atoms in total. The monoisotopic (exact) mass is 588 g/mol. The van der Waals surface area contributed by atoms with Gasteiger partial charge in [-0.15, -0.1) is 0 Å². The molecule has 1 heterocycles. The predicted octanol–water partition coefficient (Wildman–Crippen LogP) is 10.6. The van der Waals surface area contributed by atoms with Gasteiger partial charge < -0.3 is 4.57 Å². The highest BCUT2D eigenvalue weighted by molar-refractivity contribution is 6.55. The van der Waals surface area contributed by atoms with Crippen molar-refractivity contribution in [1.29, 1.82) is 5.41 Å². The fourth-order valence-corrected chi connectivity index (χ4v) is 6.86. The number of fused-ring (bicyclic) bond motifs is 7. The van der Waals surface area contributed by atoms with Crippen LogP contribution < -0.4 is 5.43 Å². The van der Waals surface area contributed by atoms with Crippen molar-refractivity contribution in [3.63, 3.8) is 0 Å². The van der Waals surface area contributed by atoms with Crippen LogP contribution in [0, 0.1) is 5.41 Å². The first-order valence-electron chi connectivity index (χ1n) is 15.5. The van der Waals surface area contributed by atoms with E-state index in [0.717, 1.165) is 44.4 Å². The van der Waals surface area contributed by atoms with Crippen LogP contribution in [0.3, 0.4) is 0 Å². The summed E-state index contributed by atoms with van der Waals surface area (Å²) in [4.78, 5) is 0. The molecule has 4 heteroatoms. The Labute approximate surface area is 266 Å². The highest BCUT2D eigenvalue weighted by Gasteiger charge is 2.21. The smallest absolute Gasteiger partial charge is 0.109 e. The number of hydrazone groups is 1. The third-order valence-corrected chi connectivity index (χ3v) is 9.06. The van der Waals surface area contributed by atoms with Crippen molar-refractivity contribution in [2.75, 3.05) is 5.43 Å². The molecule has 1 aliphatic rings. The summed E-state index contributed by atoms with van der Waals surface area (Å²) in [7, 11) is 0. The van der Waals surface area contributed by atoms with Gasteiger partial charge in [0, 0.05) is 21.9 Å². The number of allylic oxidation sites excluding steroid dienone is 1. The van der Waals surface area contributed by atoms with Crippen LogP contribution in [0.1, 0.15) is 11.1 Å². The lowest BCUT2D eigenvalue weighted by Gasteiger charge is -2.18. The van der Waals surface area contributed by atoms with E-state index in [1.165, 1.54) is 32.6 Å². The number of hydrogen-bond donors (Lipinski definition) is 2. The van der Waals surface area contributed by atoms with Crippen LogP contribution in [0.5, 0.6) is 0 Å². The first-order chi connectivity index (χ1) is 22.7. The van der Waals surface area contributed by atoms with Crippen molar-refractivity contribution in [1.82, 2.24) is 4.57 Å². The fourth-order valence-electron chi connectivity index (χ4n) is 6.86. The molecule has 0 atom stereocenters. The van der Waals surface area contributed by atoms with E-state index in [0.29, 0.717) is 11.4 Å². The number of nitrogens with zero attached hydrogens (tertiary/aromatic N) is 2. The van der Waals surface area contributed by atoms with Crippen LogP contribution in [0.4, 0.5) is 5.69 Å². The molecule has 0 aliphatic heterocycles. The molecule has 9 rings (SSSR count). The van der Waals surface area contributed by atoms with Crippen molar-refractivity contribution in [2.24, 2.45) is 5.10 Å². The van der Waals surface area contributed by atoms with Gasteiger partial charge in [-0.05, 0) is 81.2 Å². The first-order valence-corrected chi connectivity index (χ1v) is 15.5. The number of benzene rings is 7. The summed E-state index contributed by atoms with van der Waals surface area (Å²) < 4.78 is 2.40. The highest BCUT2D eigenvalue weighted by Crippen LogP contribution is 2.39. The Morgan fingerprint density at radius 2 is 1.28 bits per heavy atom. The molecule has 46 heavy (non-hydrogen) atoms. The Kier molecular flexibility index (Phi) is 5.93. The average molecular weight is 589 g/mol. The molecular formula is C42H28N4. The van der Waals surface area contributed by atoms with Crippen LogP contribution in [0.25, 0.3) is 66.2 Å². The summed E-state index contributed by atoms with van der Waals surface area (Å²) in [5.41, 5.74) is 12.7. The highest BCUT2D eigenvalue weighted by atomic mass is 15.3. The van der Waals surface area contributed by atoms with E-state index >= 15 is 0 Å². The van der Waals surface area contributed by atoms with Gasteiger partial charge in [0.15, 0.2) is 0 Å². The van der Waals surface area contributed by atoms with Gasteiger partial charge in [-0.2, -0.15) is 5.10 Å². The maximum atomic E-state index is 9.23. The van der Waals surface area contributed by atoms with E-state index in [9.17, 15) is 5.41 Å². The van der Waals surface area contributed by atoms with Gasteiger partial charge in [0.05, 0.1) is 28.1 Å². The molecule has 1 aromatic heterocycles. The summed E-state index contributed by atoms with van der Waals surface area (Å²) in [6, 6.07) is 51.2. The van der Waals surface area contributed by atoms with Crippen LogP contribution >= 0.6 is 0 Å². The Morgan fingerprint density at radius 3 is 2.17 bits per heavy atom. The third-order valence-electron chi connectivity index (χ3n) is 9.06. The van der Waals surface area contributed by atoms with Crippen LogP contribution in [0.15, 0.2) is 157 Å². The molecule has 0 bridgehead atoms. The maximum Gasteiger partial charge on any atom is 0.109 e. The Bertz CT molecular complexity index is 2570. The molecule has 0 saturated carbocycles. The predicted molar refractivity (Wildman–Crippen MR) is 195 cm³/mol. The van der Waals surface area contributed by atoms with Gasteiger partial charge in [-0.3, -0.25) is 10.8 Å². The van der Waals surface area contributed by atoms with E-state index in [2.05, 4.69) is 136 Å². The second-order valence-electron chi connectivity index (χ2n) is 11.7. The second-order valence-corrected chi connectivity index (χ2v) is 11.7. The minimum atomic E-state index is 0.409. The Balaban J connectivity index is 1.22. The third kappa shape index (κ3) is 4.15. The van der Waals surface area contributed by atoms with Gasteiger partial charge in [-0.1, -0.05) is 109 Å². The van der Waals surface area contributed by atoms with Gasteiger partial charge in [0.25, 0.3) is 0 Å². The normalized spacial score (nSPS) is 13.7. The lowest BCUT2D eigenvalue weighted by molar-refractivity contribution is 1.18. The minimum absolute atomic E-state index is 0.409. The molecule has 0 radical (unpaired) electrons. The average Bonchev–Trinajstić information content (AvgIpc) is 3.43. The molecular weight excluding hydrogens is 560 g/mol. The molecule has 0 spiro atoms. The zero-order chi connectivity index (χ0) is 30.6. The van der Waals surface area contributed by atoms with Crippen molar-refractivity contribution in [3.05, 3.63) is 163 Å². The lowest BCUT2D eigenvalue weighted by Crippen LogP contribution is -2.18. The van der Waals surface area contributed by atoms with Crippen LogP contribution in [-0.4, -0.2) is 16.0 Å². The lowest BCUT2D eigenvalue weighted by atomic mass is 9.88. The molecule has 216 valence electrons. The second kappa shape index (κ2) is 10.4. The zero-order valence-electron chi connectivity index (χ0n) is 24.9. The number of anilines is 1. The van der Waals surface area contributed by atoms with Gasteiger partial charge in [-0.25, -0.2) is 0 Å². The zero-order valence-corrected chi connectivity index (χ0v) is 24.9. The van der Waals surface area contributed by atoms with Crippen molar-refractivity contribution in [2.45, 2.75) is 0 Å². The molecule has 7 aromatic carbocycles. The summed E-state index contributed by atoms with van der Waals surface area (Å²) in [5.74, 6) is 0. The van der Waals surface area contributed by atoms with E-state index in [-0.39, 0.29) is 0 Å². The van der Waals surface area contributed by atoms with Crippen molar-refractivity contribution >= 4 is 66.5 Å². The molecule has 0 fully saturated rings. The first kappa shape index (κ1) is 26.2. The largest absolute Gasteiger partial charge is 0.309 e. The minimum Gasteiger partial charge on any atom is -0.309 e. The summed E-state index contributed by atoms with van der Waals surface area (Å²) in [6.07, 6.45) is 3.97. The van der Waals surface area contributed by atoms with Crippen molar-refractivity contribution < 1.29 is 0 Å². The van der Waals surface area contributed by atoms with E-state index in [4.69, 9.17) is 0 Å². The molecule has 8 aromatic rings. The number of rotatable bonds is 4. The number of aromatic nitrogens is 1. The maximum absolute atomic E-state index is 9.23. The van der Waals surface area contributed by atoms with Gasteiger partial charge in [0.1, 0.15) is 5.71 Å². The van der Waals surface area contributed by atoms with E-state index in [1.807, 2.05) is 36.4 Å². The summed E-state index contributed by atoms with van der Waals surface area (Å²) in [5, 5.41) is 20.9. The SMILES string of the molecule is N=C1/C(=N\Nc2ccccc2)C=Cc2ccc3ccc(-c4ccccc4-n4c5ccccc5c5cc6ccccc6cc54)cc3c21. The van der Waals surface area contributed by atoms with E-state index < -0.39 is 0 Å². The molecule has 0 amide bonds. The topological polar surface area (TPSA) is 53.2 Å². The quantitative estimate of drug-likeness (QED) is 0.197. The fraction of sp³-hybridized carbons (Fsp3) is 0. The van der Waals surface area contributed by atoms with Crippen LogP contribution in [-0.2, 0) is 0 Å². The Morgan fingerprint density at radius 1 is 0.543 bits per heavy atom. The van der Waals surface area contributed by atoms with E-state index in [1.54, 1.807) is 0 Å². The molecule has 2 N–H and O–H groups in total. The summed E-state index contributed by atoms with van der Waals surface area (Å²) in [6.45, 7) is 0. The number of nitrogens with one attached hydrogen (secondary N) is 2. The van der Waals surface area contributed by atoms with Gasteiger partial charge in [0.2, 0.25) is 0 Å². The Hall–Kier alpha value is -6.26. The van der Waals surface area contributed by atoms with Gasteiger partial charge >= 0.3 is 0 Å². The standard InChI is InChI=1S/C42H28N4/c43-42-37(45-44-32-12-2-1-3-13-32)23-22-28-20-18-27-19-21-31(25-35(27)41(28)42)33-14-6-8-16-38(33)46-39-17-9-7-15-34(39)36-24-29-10-4-5-11-30(29)26-40(36)46/h1-26,43-44H/b43-42?,45-37-. The summed E-state index contributed by atoms with van der Waals surface area (Å²) >= 11 is 0. The molecule has 0 unspecified atom stereocenters. The van der Waals surface area contributed by atoms with Crippen molar-refractivity contribution in [3.8, 4) is 16.8 Å². The van der Waals surface area contributed by atoms with Crippen LogP contribution in [0.2, 0.25) is 0 Å².